The standard InChI is InChI=1S/C19H18N2O2S2/c22-15-9-5-2-6-10-16(15)25-19-20-14-11-12-24-17(14)18(23)21(19)13-7-3-1-4-8-13/h1,3-4,7-8,11-12,16H,2,5-6,9-10H2/t16-/m0/s1. The lowest BCUT2D eigenvalue weighted by Gasteiger charge is -2.16. The quantitative estimate of drug-likeness (QED) is 0.505. The van der Waals surface area contributed by atoms with Crippen LogP contribution < -0.4 is 5.56 Å². The first kappa shape index (κ1) is 16.5. The van der Waals surface area contributed by atoms with E-state index in [1.165, 1.54) is 23.1 Å². The third-order valence-electron chi connectivity index (χ3n) is 4.46. The molecule has 0 spiro atoms. The molecule has 1 aliphatic rings. The Morgan fingerprint density at radius 3 is 2.76 bits per heavy atom. The number of ketones is 1. The number of nitrogens with zero attached hydrogens (tertiary/aromatic N) is 2. The molecule has 25 heavy (non-hydrogen) atoms. The Kier molecular flexibility index (Phi) is 4.72. The first-order valence-corrected chi connectivity index (χ1v) is 10.2. The molecule has 1 atom stereocenters. The third-order valence-corrected chi connectivity index (χ3v) is 6.62. The zero-order valence-corrected chi connectivity index (χ0v) is 15.3. The Hall–Kier alpha value is -1.92. The van der Waals surface area contributed by atoms with Crippen LogP contribution in [0.4, 0.5) is 0 Å². The van der Waals surface area contributed by atoms with Crippen LogP contribution in [0.3, 0.4) is 0 Å². The van der Waals surface area contributed by atoms with Crippen molar-refractivity contribution < 1.29 is 4.79 Å². The van der Waals surface area contributed by atoms with E-state index in [0.29, 0.717) is 21.8 Å². The monoisotopic (exact) mass is 370 g/mol. The van der Waals surface area contributed by atoms with Crippen molar-refractivity contribution in [1.82, 2.24) is 9.55 Å². The molecule has 4 nitrogen and oxygen atoms in total. The number of benzene rings is 1. The Morgan fingerprint density at radius 1 is 1.08 bits per heavy atom. The molecule has 1 aliphatic carbocycles. The van der Waals surface area contributed by atoms with Crippen LogP contribution in [0.5, 0.6) is 0 Å². The highest BCUT2D eigenvalue weighted by atomic mass is 32.2. The number of carbonyl (C=O) groups is 1. The maximum atomic E-state index is 13.0. The summed E-state index contributed by atoms with van der Waals surface area (Å²) in [5.74, 6) is 0.279. The molecule has 1 fully saturated rings. The Morgan fingerprint density at radius 2 is 1.92 bits per heavy atom. The smallest absolute Gasteiger partial charge is 0.276 e. The lowest BCUT2D eigenvalue weighted by Crippen LogP contribution is -2.23. The molecular weight excluding hydrogens is 352 g/mol. The fourth-order valence-electron chi connectivity index (χ4n) is 3.16. The molecule has 6 heteroatoms. The van der Waals surface area contributed by atoms with E-state index in [1.807, 2.05) is 41.8 Å². The molecule has 0 saturated heterocycles. The summed E-state index contributed by atoms with van der Waals surface area (Å²) in [6.45, 7) is 0. The Bertz CT molecular complexity index is 962. The molecule has 2 heterocycles. The van der Waals surface area contributed by atoms with Gasteiger partial charge in [0.25, 0.3) is 5.56 Å². The number of hydrogen-bond acceptors (Lipinski definition) is 5. The summed E-state index contributed by atoms with van der Waals surface area (Å²) in [5, 5.41) is 2.39. The number of hydrogen-bond donors (Lipinski definition) is 0. The van der Waals surface area contributed by atoms with Gasteiger partial charge in [-0.15, -0.1) is 11.3 Å². The first-order valence-electron chi connectivity index (χ1n) is 8.49. The number of Topliss-reactive ketones (excluding diaryl/α,β-unsaturated/α-hetero) is 1. The molecule has 4 rings (SSSR count). The molecule has 1 aromatic carbocycles. The van der Waals surface area contributed by atoms with Gasteiger partial charge in [0, 0.05) is 6.42 Å². The van der Waals surface area contributed by atoms with Crippen molar-refractivity contribution in [1.29, 1.82) is 0 Å². The highest BCUT2D eigenvalue weighted by Crippen LogP contribution is 2.32. The third kappa shape index (κ3) is 3.28. The van der Waals surface area contributed by atoms with Gasteiger partial charge >= 0.3 is 0 Å². The Labute approximate surface area is 153 Å². The summed E-state index contributed by atoms with van der Waals surface area (Å²) in [5.41, 5.74) is 1.44. The van der Waals surface area contributed by atoms with Gasteiger partial charge in [-0.25, -0.2) is 4.98 Å². The minimum atomic E-state index is -0.111. The van der Waals surface area contributed by atoms with Crippen LogP contribution in [0.1, 0.15) is 32.1 Å². The van der Waals surface area contributed by atoms with Gasteiger partial charge in [-0.1, -0.05) is 42.8 Å². The fourth-order valence-corrected chi connectivity index (χ4v) is 5.15. The molecule has 2 aromatic heterocycles. The number of fused-ring (bicyclic) bond motifs is 1. The van der Waals surface area contributed by atoms with Crippen molar-refractivity contribution in [2.75, 3.05) is 0 Å². The number of thioether (sulfide) groups is 1. The van der Waals surface area contributed by atoms with Crippen LogP contribution in [0, 0.1) is 0 Å². The van der Waals surface area contributed by atoms with Gasteiger partial charge < -0.3 is 0 Å². The second-order valence-electron chi connectivity index (χ2n) is 6.18. The zero-order valence-electron chi connectivity index (χ0n) is 13.7. The van der Waals surface area contributed by atoms with Gasteiger partial charge in [0.2, 0.25) is 0 Å². The molecule has 3 aromatic rings. The van der Waals surface area contributed by atoms with Gasteiger partial charge in [-0.05, 0) is 36.4 Å². The number of rotatable bonds is 3. The summed E-state index contributed by atoms with van der Waals surface area (Å²) in [4.78, 5) is 30.2. The summed E-state index contributed by atoms with van der Waals surface area (Å²) < 4.78 is 2.31. The van der Waals surface area contributed by atoms with Gasteiger partial charge in [-0.3, -0.25) is 14.2 Å². The van der Waals surface area contributed by atoms with E-state index in [9.17, 15) is 9.59 Å². The van der Waals surface area contributed by atoms with Crippen LogP contribution in [-0.2, 0) is 4.79 Å². The molecule has 0 bridgehead atoms. The molecular formula is C19H18N2O2S2. The van der Waals surface area contributed by atoms with Gasteiger partial charge in [-0.2, -0.15) is 0 Å². The van der Waals surface area contributed by atoms with Crippen molar-refractivity contribution >= 4 is 39.1 Å². The number of thiophene rings is 1. The zero-order chi connectivity index (χ0) is 17.2. The number of aromatic nitrogens is 2. The summed E-state index contributed by atoms with van der Waals surface area (Å²) in [6, 6.07) is 11.4. The van der Waals surface area contributed by atoms with E-state index < -0.39 is 0 Å². The van der Waals surface area contributed by atoms with E-state index in [2.05, 4.69) is 0 Å². The molecule has 0 aliphatic heterocycles. The molecule has 0 amide bonds. The van der Waals surface area contributed by atoms with Crippen molar-refractivity contribution in [3.8, 4) is 5.69 Å². The van der Waals surface area contributed by atoms with E-state index >= 15 is 0 Å². The van der Waals surface area contributed by atoms with Gasteiger partial charge in [0.05, 0.1) is 16.5 Å². The van der Waals surface area contributed by atoms with E-state index in [-0.39, 0.29) is 16.6 Å². The molecule has 128 valence electrons. The summed E-state index contributed by atoms with van der Waals surface area (Å²) in [7, 11) is 0. The predicted octanol–water partition coefficient (Wildman–Crippen LogP) is 4.44. The number of carbonyl (C=O) groups excluding carboxylic acids is 1. The second kappa shape index (κ2) is 7.14. The molecule has 0 unspecified atom stereocenters. The number of para-hydroxylation sites is 1. The van der Waals surface area contributed by atoms with Crippen molar-refractivity contribution in [2.24, 2.45) is 0 Å². The van der Waals surface area contributed by atoms with Crippen molar-refractivity contribution in [3.63, 3.8) is 0 Å². The Balaban J connectivity index is 1.84. The average molecular weight is 370 g/mol. The SMILES string of the molecule is O=C1CCCCC[C@@H]1Sc1nc2ccsc2c(=O)n1-c1ccccc1. The average Bonchev–Trinajstić information content (AvgIpc) is 3.01. The van der Waals surface area contributed by atoms with Crippen LogP contribution in [-0.4, -0.2) is 20.6 Å². The highest BCUT2D eigenvalue weighted by molar-refractivity contribution is 8.00. The minimum Gasteiger partial charge on any atom is -0.298 e. The largest absolute Gasteiger partial charge is 0.298 e. The maximum absolute atomic E-state index is 13.0. The van der Waals surface area contributed by atoms with Crippen molar-refractivity contribution in [3.05, 3.63) is 52.1 Å². The maximum Gasteiger partial charge on any atom is 0.276 e. The highest BCUT2D eigenvalue weighted by Gasteiger charge is 2.25. The lowest BCUT2D eigenvalue weighted by molar-refractivity contribution is -0.118. The second-order valence-corrected chi connectivity index (χ2v) is 8.26. The van der Waals surface area contributed by atoms with Crippen LogP contribution in [0.2, 0.25) is 0 Å². The van der Waals surface area contributed by atoms with Crippen LogP contribution in [0.25, 0.3) is 15.9 Å². The van der Waals surface area contributed by atoms with Gasteiger partial charge in [0.1, 0.15) is 10.5 Å². The van der Waals surface area contributed by atoms with Crippen LogP contribution >= 0.6 is 23.1 Å². The normalized spacial score (nSPS) is 18.4. The molecule has 0 N–H and O–H groups in total. The molecule has 1 saturated carbocycles. The van der Waals surface area contributed by atoms with E-state index in [4.69, 9.17) is 4.98 Å². The summed E-state index contributed by atoms with van der Waals surface area (Å²) in [6.07, 6.45) is 4.62. The van der Waals surface area contributed by atoms with Gasteiger partial charge in [0.15, 0.2) is 5.16 Å². The summed E-state index contributed by atoms with van der Waals surface area (Å²) >= 11 is 2.86. The van der Waals surface area contributed by atoms with Crippen molar-refractivity contribution in [2.45, 2.75) is 42.5 Å². The van der Waals surface area contributed by atoms with E-state index in [0.717, 1.165) is 31.4 Å². The first-order chi connectivity index (χ1) is 12.2. The molecule has 0 radical (unpaired) electrons. The van der Waals surface area contributed by atoms with Crippen LogP contribution in [0.15, 0.2) is 51.7 Å². The lowest BCUT2D eigenvalue weighted by atomic mass is 10.2. The minimum absolute atomic E-state index is 0.0604. The van der Waals surface area contributed by atoms with E-state index in [1.54, 1.807) is 4.57 Å². The topological polar surface area (TPSA) is 52.0 Å². The predicted molar refractivity (Wildman–Crippen MR) is 103 cm³/mol. The fraction of sp³-hybridized carbons (Fsp3) is 0.316.